The molecule has 2 amide bonds. The van der Waals surface area contributed by atoms with E-state index in [2.05, 4.69) is 10.3 Å². The highest BCUT2D eigenvalue weighted by atomic mass is 16.7. The molecule has 352 valence electrons. The minimum Gasteiger partial charge on any atom is -0.508 e. The lowest BCUT2D eigenvalue weighted by molar-refractivity contribution is -0.297. The SMILES string of the molecule is CC[C@H]1OC(=O)[C@H](C)C(=O)[C@H](C)[C@@H](OC2O[C@H](C)C[C@H](N(C)Cc3cc(C(N)=O)ccc3O)[C@H]2O)[C@@](C)(OC/C=C/c2cnc3ccccc3c2)C[C@@H](C)C(=O)[C@H](C)[C@H]2NC(=O)O[C@@]21C. The number of primary amides is 1. The van der Waals surface area contributed by atoms with E-state index in [0.717, 1.165) is 16.5 Å². The number of nitrogens with zero attached hydrogens (tertiary/aromatic N) is 2. The third-order valence-corrected chi connectivity index (χ3v) is 13.6. The number of phenolic OH excluding ortho intramolecular Hbond substituents is 1. The molecule has 0 radical (unpaired) electrons. The molecule has 3 saturated heterocycles. The Balaban J connectivity index is 1.38. The molecule has 16 heteroatoms. The number of aromatic nitrogens is 1. The number of para-hydroxylation sites is 1. The molecule has 0 spiro atoms. The number of nitrogens with two attached hydrogens (primary N) is 1. The van der Waals surface area contributed by atoms with E-state index in [1.807, 2.05) is 48.2 Å². The van der Waals surface area contributed by atoms with E-state index in [-0.39, 0.29) is 43.1 Å². The predicted molar refractivity (Wildman–Crippen MR) is 240 cm³/mol. The Morgan fingerprint density at radius 3 is 2.46 bits per heavy atom. The van der Waals surface area contributed by atoms with E-state index in [4.69, 9.17) is 29.4 Å². The second-order valence-electron chi connectivity index (χ2n) is 18.5. The summed E-state index contributed by atoms with van der Waals surface area (Å²) < 4.78 is 31.7. The molecule has 3 aliphatic rings. The molecule has 13 atom stereocenters. The predicted octanol–water partition coefficient (Wildman–Crippen LogP) is 5.48. The Bertz CT molecular complexity index is 2290. The van der Waals surface area contributed by atoms with Crippen molar-refractivity contribution in [3.05, 3.63) is 77.5 Å². The van der Waals surface area contributed by atoms with Crippen LogP contribution in [0.25, 0.3) is 17.0 Å². The molecular weight excluding hydrogens is 837 g/mol. The molecule has 3 aromatic rings. The van der Waals surface area contributed by atoms with Crippen molar-refractivity contribution in [2.24, 2.45) is 29.4 Å². The number of amides is 2. The summed E-state index contributed by atoms with van der Waals surface area (Å²) in [6.45, 7) is 13.6. The van der Waals surface area contributed by atoms with E-state index in [0.29, 0.717) is 12.0 Å². The van der Waals surface area contributed by atoms with Gasteiger partial charge in [-0.05, 0) is 89.9 Å². The molecule has 0 aliphatic carbocycles. The van der Waals surface area contributed by atoms with Gasteiger partial charge in [0.25, 0.3) is 0 Å². The summed E-state index contributed by atoms with van der Waals surface area (Å²) in [4.78, 5) is 74.4. The number of rotatable bonds is 11. The molecule has 6 rings (SSSR count). The first-order chi connectivity index (χ1) is 30.7. The van der Waals surface area contributed by atoms with Gasteiger partial charge in [-0.25, -0.2) is 4.79 Å². The smallest absolute Gasteiger partial charge is 0.408 e. The highest BCUT2D eigenvalue weighted by Crippen LogP contribution is 2.41. The Morgan fingerprint density at radius 1 is 1.03 bits per heavy atom. The summed E-state index contributed by atoms with van der Waals surface area (Å²) >= 11 is 0. The van der Waals surface area contributed by atoms with Crippen molar-refractivity contribution in [3.63, 3.8) is 0 Å². The van der Waals surface area contributed by atoms with Crippen LogP contribution < -0.4 is 11.1 Å². The van der Waals surface area contributed by atoms with Gasteiger partial charge in [0.2, 0.25) is 5.91 Å². The van der Waals surface area contributed by atoms with Gasteiger partial charge in [0, 0.05) is 53.1 Å². The number of cyclic esters (lactones) is 1. The van der Waals surface area contributed by atoms with Crippen molar-refractivity contribution in [1.82, 2.24) is 15.2 Å². The molecule has 16 nitrogen and oxygen atoms in total. The summed E-state index contributed by atoms with van der Waals surface area (Å²) in [6.07, 6.45) is -0.158. The summed E-state index contributed by atoms with van der Waals surface area (Å²) in [5.41, 5.74) is 4.90. The van der Waals surface area contributed by atoms with E-state index >= 15 is 0 Å². The van der Waals surface area contributed by atoms with Crippen molar-refractivity contribution in [2.75, 3.05) is 13.7 Å². The number of nitrogens with one attached hydrogen (secondary N) is 1. The van der Waals surface area contributed by atoms with Crippen molar-refractivity contribution in [1.29, 1.82) is 0 Å². The fourth-order valence-corrected chi connectivity index (χ4v) is 9.90. The Labute approximate surface area is 380 Å². The third kappa shape index (κ3) is 10.6. The lowest BCUT2D eigenvalue weighted by atomic mass is 9.73. The average Bonchev–Trinajstić information content (AvgIpc) is 3.59. The van der Waals surface area contributed by atoms with Gasteiger partial charge in [-0.15, -0.1) is 0 Å². The topological polar surface area (TPSA) is 226 Å². The van der Waals surface area contributed by atoms with Crippen LogP contribution in [-0.4, -0.2) is 117 Å². The van der Waals surface area contributed by atoms with Crippen LogP contribution in [0.15, 0.2) is 60.8 Å². The number of phenols is 1. The van der Waals surface area contributed by atoms with Crippen LogP contribution in [0.1, 0.15) is 96.1 Å². The number of ether oxygens (including phenoxy) is 5. The standard InChI is InChI=1S/C49H64N4O12/c1-10-38-49(8)42(52-47(60)65-49)28(4)39(55)26(2)23-48(7,61-19-13-14-31-21-32-15-11-12-16-35(32)51-24-31)43(29(5)40(56)30(6)45(59)63-38)64-46-41(57)36(20-27(3)62-46)53(9)25-34-22-33(44(50)58)17-18-37(34)54/h11-18,21-22,24,26-30,36,38,41-43,46,54,57H,10,19-20,23,25H2,1-9H3,(H2,50,58)(H,52,60)/b14-13+/t26-,27-,28+,29+,30-,36+,38-,41-,42-,43-,46?,48+,49-/m1/s1. The van der Waals surface area contributed by atoms with Gasteiger partial charge in [0.1, 0.15) is 29.7 Å². The Hall–Kier alpha value is -5.26. The van der Waals surface area contributed by atoms with Crippen LogP contribution in [0.5, 0.6) is 5.75 Å². The van der Waals surface area contributed by atoms with Gasteiger partial charge < -0.3 is 44.9 Å². The van der Waals surface area contributed by atoms with Gasteiger partial charge in [0.15, 0.2) is 17.7 Å². The van der Waals surface area contributed by atoms with Gasteiger partial charge >= 0.3 is 12.1 Å². The molecule has 0 saturated carbocycles. The zero-order valence-corrected chi connectivity index (χ0v) is 38.7. The minimum atomic E-state index is -1.47. The first kappa shape index (κ1) is 49.2. The number of aromatic hydroxyl groups is 1. The number of Topliss-reactive ketones (excluding diaryl/α,β-unsaturated/α-hetero) is 2. The summed E-state index contributed by atoms with van der Waals surface area (Å²) in [5.74, 6) is -6.34. The number of ketones is 2. The van der Waals surface area contributed by atoms with Crippen molar-refractivity contribution < 1.29 is 57.9 Å². The minimum absolute atomic E-state index is 0.00921. The molecule has 3 fully saturated rings. The van der Waals surface area contributed by atoms with Gasteiger partial charge in [-0.2, -0.15) is 0 Å². The number of carbonyl (C=O) groups is 5. The highest BCUT2D eigenvalue weighted by Gasteiger charge is 2.57. The summed E-state index contributed by atoms with van der Waals surface area (Å²) in [7, 11) is 1.76. The number of likely N-dealkylation sites (N-methyl/N-ethyl adjacent to an activating group) is 1. The van der Waals surface area contributed by atoms with E-state index < -0.39 is 101 Å². The first-order valence-corrected chi connectivity index (χ1v) is 22.4. The number of hydrogen-bond acceptors (Lipinski definition) is 14. The lowest BCUT2D eigenvalue weighted by Crippen LogP contribution is -2.60. The van der Waals surface area contributed by atoms with Crippen molar-refractivity contribution in [3.8, 4) is 5.75 Å². The molecule has 4 heterocycles. The number of aliphatic hydroxyl groups excluding tert-OH is 1. The number of carbonyl (C=O) groups excluding carboxylic acids is 5. The number of benzene rings is 2. The number of aliphatic hydroxyl groups is 1. The normalized spacial score (nSPS) is 33.9. The van der Waals surface area contributed by atoms with Crippen LogP contribution in [0.2, 0.25) is 0 Å². The second kappa shape index (κ2) is 20.1. The third-order valence-electron chi connectivity index (χ3n) is 13.6. The molecule has 65 heavy (non-hydrogen) atoms. The lowest BCUT2D eigenvalue weighted by Gasteiger charge is -2.47. The summed E-state index contributed by atoms with van der Waals surface area (Å²) in [5, 5.41) is 26.6. The van der Waals surface area contributed by atoms with E-state index in [1.165, 1.54) is 25.1 Å². The van der Waals surface area contributed by atoms with Gasteiger partial charge in [-0.1, -0.05) is 58.0 Å². The van der Waals surface area contributed by atoms with Gasteiger partial charge in [-0.3, -0.25) is 29.1 Å². The number of pyridine rings is 1. The van der Waals surface area contributed by atoms with Crippen LogP contribution in [0.4, 0.5) is 4.79 Å². The van der Waals surface area contributed by atoms with Gasteiger partial charge in [0.05, 0.1) is 36.0 Å². The highest BCUT2D eigenvalue weighted by molar-refractivity contribution is 6.00. The molecule has 2 aromatic carbocycles. The molecule has 3 aliphatic heterocycles. The van der Waals surface area contributed by atoms with Crippen LogP contribution >= 0.6 is 0 Å². The fraction of sp³-hybridized carbons (Fsp3) is 0.551. The Morgan fingerprint density at radius 2 is 1.75 bits per heavy atom. The van der Waals surface area contributed by atoms with E-state index in [1.54, 1.807) is 60.9 Å². The van der Waals surface area contributed by atoms with Crippen LogP contribution in [-0.2, 0) is 44.6 Å². The molecular formula is C49H64N4O12. The zero-order valence-electron chi connectivity index (χ0n) is 38.7. The molecule has 5 N–H and O–H groups in total. The number of fused-ring (bicyclic) bond motifs is 2. The number of esters is 1. The average molecular weight is 901 g/mol. The maximum Gasteiger partial charge on any atom is 0.408 e. The van der Waals surface area contributed by atoms with Crippen molar-refractivity contribution in [2.45, 2.75) is 135 Å². The largest absolute Gasteiger partial charge is 0.508 e. The Kier molecular flexibility index (Phi) is 15.2. The second-order valence-corrected chi connectivity index (χ2v) is 18.5. The summed E-state index contributed by atoms with van der Waals surface area (Å²) in [6, 6.07) is 12.5. The maximum atomic E-state index is 14.7. The van der Waals surface area contributed by atoms with Crippen molar-refractivity contribution >= 4 is 46.5 Å². The zero-order chi connectivity index (χ0) is 47.5. The maximum absolute atomic E-state index is 14.7. The molecule has 1 aromatic heterocycles. The molecule has 1 unspecified atom stereocenters. The quantitative estimate of drug-likeness (QED) is 0.138. The number of hydrogen-bond donors (Lipinski definition) is 4. The first-order valence-electron chi connectivity index (χ1n) is 22.4. The number of alkyl carbamates (subject to hydrolysis) is 1. The molecule has 0 bridgehead atoms. The monoisotopic (exact) mass is 900 g/mol. The van der Waals surface area contributed by atoms with E-state index in [9.17, 15) is 34.2 Å². The fourth-order valence-electron chi connectivity index (χ4n) is 9.90. The van der Waals surface area contributed by atoms with Crippen LogP contribution in [0, 0.1) is 23.7 Å². The van der Waals surface area contributed by atoms with Crippen LogP contribution in [0.3, 0.4) is 0 Å².